The molecular formula is C80H121F15O23. The van der Waals surface area contributed by atoms with Crippen molar-refractivity contribution in [2.24, 2.45) is 68.0 Å². The molecule has 7 rings (SSSR count). The quantitative estimate of drug-likeness (QED) is 0.0343. The Morgan fingerprint density at radius 1 is 0.458 bits per heavy atom. The summed E-state index contributed by atoms with van der Waals surface area (Å²) in [6.07, 6.45) is -36.2. The molecule has 1 spiro atoms. The summed E-state index contributed by atoms with van der Waals surface area (Å²) in [6, 6.07) is 0. The largest absolute Gasteiger partial charge is 0.466 e. The predicted octanol–water partition coefficient (Wildman–Crippen LogP) is 17.7. The number of ether oxygens (including phenoxy) is 13. The van der Waals surface area contributed by atoms with Crippen LogP contribution in [-0.4, -0.2) is 177 Å². The second-order valence-electron chi connectivity index (χ2n) is 34.2. The molecule has 4 aliphatic heterocycles. The van der Waals surface area contributed by atoms with Gasteiger partial charge in [-0.15, -0.1) is 0 Å². The van der Waals surface area contributed by atoms with E-state index in [1.54, 1.807) is 62.3 Å². The maximum Gasteiger partial charge on any atom is 0.434 e. The zero-order valence-electron chi connectivity index (χ0n) is 71.1. The highest BCUT2D eigenvalue weighted by atomic mass is 19.4. The summed E-state index contributed by atoms with van der Waals surface area (Å²) in [6.45, 7) is 38.7. The molecule has 684 valence electrons. The zero-order chi connectivity index (χ0) is 91.1. The summed E-state index contributed by atoms with van der Waals surface area (Å²) in [5, 5.41) is 0. The number of halogens is 15. The summed E-state index contributed by atoms with van der Waals surface area (Å²) >= 11 is 0. The Labute approximate surface area is 679 Å². The highest BCUT2D eigenvalue weighted by Crippen LogP contribution is 2.64. The molecule has 0 radical (unpaired) electrons. The molecule has 3 saturated carbocycles. The van der Waals surface area contributed by atoms with Crippen LogP contribution >= 0.6 is 0 Å². The molecule has 0 aromatic heterocycles. The van der Waals surface area contributed by atoms with Crippen LogP contribution in [0.4, 0.5) is 65.9 Å². The standard InChI is InChI=1S/C24H28F6O11.C19H22F6O6.2C14H28O2.C9H15F3O2/c1-5-21(3,4)20(34)38-13-11-12(36-17(13)33)14-18(37-11)41-22(40-14)7-9(15(31)35-6-2)10(8-22)16(32)39-19(23(25,26)27)24(28,29)30;1-4-16(2,3)14(27)30-11-8-5-9-12(11)31-15(28)17(9,6-8)7-10(26)29-13(18(20,21)22)19(23,24)25;2*1-6-9-10-12(7-2)11-16-13(15)14(4,5)8-3;1-5-8(3,4)7(13)14-6(2)9(10,11)12/h9-14,18-19H,5-8H2,1-4H3;8-9,11-13H,4-7H2,1-3H3;2*12H,6-11H2,1-5H3;6H,5H2,1-4H3. The van der Waals surface area contributed by atoms with E-state index < -0.39 is 210 Å². The lowest BCUT2D eigenvalue weighted by molar-refractivity contribution is -0.315. The highest BCUT2D eigenvalue weighted by molar-refractivity contribution is 5.88. The molecule has 3 aliphatic carbocycles. The van der Waals surface area contributed by atoms with Crippen LogP contribution in [0.1, 0.15) is 261 Å². The van der Waals surface area contributed by atoms with Crippen LogP contribution in [0, 0.1) is 68.0 Å². The van der Waals surface area contributed by atoms with E-state index in [9.17, 15) is 114 Å². The first kappa shape index (κ1) is 106. The van der Waals surface area contributed by atoms with Crippen LogP contribution < -0.4 is 0 Å². The number of carbonyl (C=O) groups excluding carboxylic acids is 10. The SMILES string of the molecule is CCC(C)(C)C(=O)OC(C)C(F)(F)F.CCC(C)(C)C(=O)OC1C2CC3C1OC(=O)C3(CC(=O)OC(C(F)(F)F)C(F)(F)F)C2.CCCCC(CC)COC(=O)C(C)(C)CC.CCCCC(CC)COC(=O)C(C)(C)CC.CCOC(=O)C1CC2(CC1C(=O)OC(C(F)(F)F)C(F)(F)F)OC1OC3C(OC(=O)C(C)(C)CC)C(=O)OC3C1O2. The molecule has 118 heavy (non-hydrogen) atoms. The van der Waals surface area contributed by atoms with Crippen molar-refractivity contribution in [1.82, 2.24) is 0 Å². The Morgan fingerprint density at radius 3 is 1.28 bits per heavy atom. The number of alkyl halides is 15. The third kappa shape index (κ3) is 27.8. The minimum absolute atomic E-state index is 0.0463. The van der Waals surface area contributed by atoms with Crippen LogP contribution in [0.25, 0.3) is 0 Å². The van der Waals surface area contributed by atoms with Gasteiger partial charge in [-0.2, -0.15) is 65.9 Å². The van der Waals surface area contributed by atoms with E-state index in [2.05, 4.69) is 41.9 Å². The Bertz CT molecular complexity index is 3280. The van der Waals surface area contributed by atoms with Gasteiger partial charge in [0.1, 0.15) is 18.3 Å². The average Bonchev–Trinajstić information content (AvgIpc) is 1.53. The van der Waals surface area contributed by atoms with E-state index in [1.165, 1.54) is 45.4 Å². The second kappa shape index (κ2) is 42.1. The van der Waals surface area contributed by atoms with Gasteiger partial charge in [-0.05, 0) is 153 Å². The Hall–Kier alpha value is -6.47. The third-order valence-electron chi connectivity index (χ3n) is 23.4. The maximum absolute atomic E-state index is 13.0. The lowest BCUT2D eigenvalue weighted by Crippen LogP contribution is -2.47. The first-order valence-electron chi connectivity index (χ1n) is 40.2. The van der Waals surface area contributed by atoms with Crippen LogP contribution in [0.15, 0.2) is 0 Å². The van der Waals surface area contributed by atoms with Crippen LogP contribution in [0.3, 0.4) is 0 Å². The molecule has 0 N–H and O–H groups in total. The summed E-state index contributed by atoms with van der Waals surface area (Å²) < 4.78 is 257. The van der Waals surface area contributed by atoms with Crippen molar-refractivity contribution >= 4 is 59.7 Å². The van der Waals surface area contributed by atoms with Gasteiger partial charge < -0.3 is 61.6 Å². The Balaban J connectivity index is 0.000000411. The number of esters is 10. The smallest absolute Gasteiger partial charge is 0.434 e. The number of unbranched alkanes of at least 4 members (excludes halogenated alkanes) is 2. The Morgan fingerprint density at radius 2 is 0.873 bits per heavy atom. The number of hydrogen-bond acceptors (Lipinski definition) is 23. The van der Waals surface area contributed by atoms with Crippen LogP contribution in [-0.2, 0) is 110 Å². The lowest BCUT2D eigenvalue weighted by Gasteiger charge is -2.33. The second-order valence-corrected chi connectivity index (χ2v) is 34.2. The lowest BCUT2D eigenvalue weighted by atomic mass is 9.71. The fourth-order valence-corrected chi connectivity index (χ4v) is 13.2. The number of rotatable bonds is 32. The van der Waals surface area contributed by atoms with Crippen molar-refractivity contribution in [2.75, 3.05) is 19.8 Å². The number of hydrogen-bond donors (Lipinski definition) is 0. The summed E-state index contributed by atoms with van der Waals surface area (Å²) in [4.78, 5) is 122. The average molecular weight is 1740 g/mol. The van der Waals surface area contributed by atoms with Gasteiger partial charge in [0.15, 0.2) is 30.4 Å². The van der Waals surface area contributed by atoms with E-state index in [1.807, 2.05) is 41.5 Å². The van der Waals surface area contributed by atoms with Crippen LogP contribution in [0.5, 0.6) is 0 Å². The molecule has 0 aromatic carbocycles. The molecule has 4 saturated heterocycles. The molecule has 16 atom stereocenters. The normalized spacial score (nSPS) is 26.1. The summed E-state index contributed by atoms with van der Waals surface area (Å²) in [5.74, 6) is -14.1. The molecule has 2 bridgehead atoms. The monoisotopic (exact) mass is 1730 g/mol. The molecule has 38 heteroatoms. The van der Waals surface area contributed by atoms with E-state index in [4.69, 9.17) is 47.4 Å². The first-order valence-corrected chi connectivity index (χ1v) is 40.2. The van der Waals surface area contributed by atoms with E-state index in [-0.39, 0.29) is 35.8 Å². The van der Waals surface area contributed by atoms with Crippen molar-refractivity contribution in [3.05, 3.63) is 0 Å². The molecule has 7 aliphatic rings. The van der Waals surface area contributed by atoms with Gasteiger partial charge in [0, 0.05) is 24.7 Å². The molecule has 16 unspecified atom stereocenters. The van der Waals surface area contributed by atoms with E-state index >= 15 is 0 Å². The topological polar surface area (TPSA) is 291 Å². The van der Waals surface area contributed by atoms with E-state index in [0.717, 1.165) is 32.6 Å². The van der Waals surface area contributed by atoms with Crippen LogP contribution in [0.2, 0.25) is 0 Å². The number of fused-ring (bicyclic) bond motifs is 4. The van der Waals surface area contributed by atoms with Gasteiger partial charge in [0.25, 0.3) is 12.2 Å². The van der Waals surface area contributed by atoms with E-state index in [0.29, 0.717) is 50.7 Å². The highest BCUT2D eigenvalue weighted by Gasteiger charge is 2.74. The molecular weight excluding hydrogens is 1610 g/mol. The van der Waals surface area contributed by atoms with Gasteiger partial charge >= 0.3 is 90.6 Å². The predicted molar refractivity (Wildman–Crippen MR) is 387 cm³/mol. The summed E-state index contributed by atoms with van der Waals surface area (Å²) in [7, 11) is 0. The molecule has 0 aromatic rings. The van der Waals surface area contributed by atoms with Gasteiger partial charge in [0.05, 0.1) is 70.6 Å². The Kier molecular flexibility index (Phi) is 37.7. The van der Waals surface area contributed by atoms with Gasteiger partial charge in [-0.1, -0.05) is 101 Å². The fraction of sp³-hybridized carbons (Fsp3) is 0.875. The molecule has 7 fully saturated rings. The van der Waals surface area contributed by atoms with Gasteiger partial charge in [-0.25, -0.2) is 4.79 Å². The molecule has 23 nitrogen and oxygen atoms in total. The van der Waals surface area contributed by atoms with Crippen molar-refractivity contribution in [1.29, 1.82) is 0 Å². The first-order chi connectivity index (χ1) is 53.9. The van der Waals surface area contributed by atoms with Crippen molar-refractivity contribution in [2.45, 2.75) is 359 Å². The summed E-state index contributed by atoms with van der Waals surface area (Å²) in [5.41, 5.74) is -4.80. The maximum atomic E-state index is 13.0. The van der Waals surface area contributed by atoms with Crippen molar-refractivity contribution in [3.8, 4) is 0 Å². The van der Waals surface area contributed by atoms with Gasteiger partial charge in [-0.3, -0.25) is 43.2 Å². The van der Waals surface area contributed by atoms with Gasteiger partial charge in [0.2, 0.25) is 6.10 Å². The molecule has 0 amide bonds. The minimum Gasteiger partial charge on any atom is -0.466 e. The fourth-order valence-electron chi connectivity index (χ4n) is 13.2. The zero-order valence-corrected chi connectivity index (χ0v) is 71.1. The molecule has 4 heterocycles. The van der Waals surface area contributed by atoms with Crippen molar-refractivity contribution in [3.63, 3.8) is 0 Å². The van der Waals surface area contributed by atoms with Crippen molar-refractivity contribution < 1.29 is 175 Å². The third-order valence-corrected chi connectivity index (χ3v) is 23.4. The minimum atomic E-state index is -5.97. The number of carbonyl (C=O) groups is 10.